The largest absolute Gasteiger partial charge is 0.494 e. The number of carbonyl (C=O) groups is 1. The van der Waals surface area contributed by atoms with E-state index in [4.69, 9.17) is 9.84 Å². The molecule has 1 aromatic carbocycles. The summed E-state index contributed by atoms with van der Waals surface area (Å²) >= 11 is 0. The standard InChI is InChI=1S/C19H24N4O4/c1-14-5-3-4-6-15(14)23-17(25)13-16(27-2)18(20-23)19(26)22-9-7-21(8-10-22)11-12-24/h3-6,13,24H,7-12H2,1-2H3/p+1. The number of nitrogens with one attached hydrogen (secondary N) is 1. The maximum Gasteiger partial charge on any atom is 0.278 e. The summed E-state index contributed by atoms with van der Waals surface area (Å²) in [5, 5.41) is 13.4. The Morgan fingerprint density at radius 1 is 1.30 bits per heavy atom. The van der Waals surface area contributed by atoms with Gasteiger partial charge in [0, 0.05) is 0 Å². The number of nitrogens with zero attached hydrogens (tertiary/aromatic N) is 3. The molecule has 0 aliphatic carbocycles. The molecule has 0 spiro atoms. The molecule has 1 aliphatic heterocycles. The van der Waals surface area contributed by atoms with Gasteiger partial charge in [0.1, 0.15) is 6.54 Å². The Bertz CT molecular complexity index is 872. The zero-order valence-electron chi connectivity index (χ0n) is 15.6. The Balaban J connectivity index is 1.93. The fourth-order valence-corrected chi connectivity index (χ4v) is 3.30. The van der Waals surface area contributed by atoms with Crippen LogP contribution in [0.25, 0.3) is 5.69 Å². The average molecular weight is 373 g/mol. The number of piperazine rings is 1. The summed E-state index contributed by atoms with van der Waals surface area (Å²) in [5.74, 6) is -0.0720. The lowest BCUT2D eigenvalue weighted by molar-refractivity contribution is -0.904. The Labute approximate surface area is 157 Å². The SMILES string of the molecule is COc1cc(=O)n(-c2ccccc2C)nc1C(=O)N1CC[NH+](CCO)CC1. The molecule has 0 saturated carbocycles. The molecule has 1 amide bonds. The maximum absolute atomic E-state index is 13.0. The molecule has 0 unspecified atom stereocenters. The second kappa shape index (κ2) is 8.32. The van der Waals surface area contributed by atoms with E-state index >= 15 is 0 Å². The van der Waals surface area contributed by atoms with E-state index in [2.05, 4.69) is 5.10 Å². The van der Waals surface area contributed by atoms with Crippen molar-refractivity contribution in [2.24, 2.45) is 0 Å². The Kier molecular flexibility index (Phi) is 5.88. The zero-order chi connectivity index (χ0) is 19.4. The number of ether oxygens (including phenoxy) is 1. The maximum atomic E-state index is 13.0. The minimum absolute atomic E-state index is 0.131. The summed E-state index contributed by atoms with van der Waals surface area (Å²) in [5.41, 5.74) is 1.30. The summed E-state index contributed by atoms with van der Waals surface area (Å²) in [4.78, 5) is 28.5. The summed E-state index contributed by atoms with van der Waals surface area (Å²) in [6.07, 6.45) is 0. The van der Waals surface area contributed by atoms with Gasteiger partial charge in [-0.2, -0.15) is 9.78 Å². The van der Waals surface area contributed by atoms with Crippen LogP contribution in [0.2, 0.25) is 0 Å². The van der Waals surface area contributed by atoms with Crippen LogP contribution in [0.1, 0.15) is 16.1 Å². The van der Waals surface area contributed by atoms with Crippen molar-refractivity contribution < 1.29 is 19.5 Å². The monoisotopic (exact) mass is 373 g/mol. The lowest BCUT2D eigenvalue weighted by atomic mass is 10.2. The van der Waals surface area contributed by atoms with Crippen molar-refractivity contribution in [1.29, 1.82) is 0 Å². The molecule has 2 heterocycles. The van der Waals surface area contributed by atoms with Crippen LogP contribution in [0.15, 0.2) is 35.1 Å². The van der Waals surface area contributed by atoms with Gasteiger partial charge < -0.3 is 19.6 Å². The van der Waals surface area contributed by atoms with Crippen LogP contribution in [0.3, 0.4) is 0 Å². The number of aliphatic hydroxyl groups is 1. The normalized spacial score (nSPS) is 15.0. The molecule has 8 nitrogen and oxygen atoms in total. The fourth-order valence-electron chi connectivity index (χ4n) is 3.30. The molecule has 0 bridgehead atoms. The molecule has 3 rings (SSSR count). The van der Waals surface area contributed by atoms with Crippen LogP contribution < -0.4 is 15.2 Å². The third-order valence-corrected chi connectivity index (χ3v) is 4.89. The van der Waals surface area contributed by atoms with Crippen molar-refractivity contribution in [3.8, 4) is 11.4 Å². The van der Waals surface area contributed by atoms with Crippen LogP contribution >= 0.6 is 0 Å². The van der Waals surface area contributed by atoms with E-state index in [0.717, 1.165) is 18.7 Å². The Hall–Kier alpha value is -2.71. The van der Waals surface area contributed by atoms with Crippen molar-refractivity contribution in [1.82, 2.24) is 14.7 Å². The van der Waals surface area contributed by atoms with E-state index in [1.54, 1.807) is 11.0 Å². The number of carbonyl (C=O) groups excluding carboxylic acids is 1. The fraction of sp³-hybridized carbons (Fsp3) is 0.421. The molecule has 2 N–H and O–H groups in total. The topological polar surface area (TPSA) is 89.1 Å². The second-order valence-corrected chi connectivity index (χ2v) is 6.61. The van der Waals surface area contributed by atoms with Gasteiger partial charge in [-0.25, -0.2) is 0 Å². The van der Waals surface area contributed by atoms with Gasteiger partial charge in [-0.15, -0.1) is 0 Å². The van der Waals surface area contributed by atoms with Gasteiger partial charge in [-0.05, 0) is 18.6 Å². The van der Waals surface area contributed by atoms with Crippen molar-refractivity contribution in [2.75, 3.05) is 46.4 Å². The highest BCUT2D eigenvalue weighted by Gasteiger charge is 2.28. The lowest BCUT2D eigenvalue weighted by Gasteiger charge is -2.31. The van der Waals surface area contributed by atoms with E-state index in [0.29, 0.717) is 25.3 Å². The molecule has 0 atom stereocenters. The number of hydrogen-bond donors (Lipinski definition) is 2. The molecule has 144 valence electrons. The first-order valence-electron chi connectivity index (χ1n) is 9.03. The Morgan fingerprint density at radius 2 is 2.00 bits per heavy atom. The number of hydrogen-bond acceptors (Lipinski definition) is 5. The third-order valence-electron chi connectivity index (χ3n) is 4.89. The summed E-state index contributed by atoms with van der Waals surface area (Å²) in [6, 6.07) is 8.69. The van der Waals surface area contributed by atoms with Gasteiger partial charge in [-0.3, -0.25) is 9.59 Å². The average Bonchev–Trinajstić information content (AvgIpc) is 2.69. The third kappa shape index (κ3) is 4.01. The van der Waals surface area contributed by atoms with Crippen LogP contribution in [0, 0.1) is 6.92 Å². The molecule has 27 heavy (non-hydrogen) atoms. The van der Waals surface area contributed by atoms with Crippen LogP contribution in [0.5, 0.6) is 5.75 Å². The van der Waals surface area contributed by atoms with Gasteiger partial charge in [0.05, 0.1) is 51.6 Å². The van der Waals surface area contributed by atoms with Crippen molar-refractivity contribution in [2.45, 2.75) is 6.92 Å². The number of rotatable bonds is 5. The van der Waals surface area contributed by atoms with E-state index in [1.165, 1.54) is 22.8 Å². The van der Waals surface area contributed by atoms with Crippen molar-refractivity contribution in [3.63, 3.8) is 0 Å². The second-order valence-electron chi connectivity index (χ2n) is 6.61. The Morgan fingerprint density at radius 3 is 2.63 bits per heavy atom. The number of aryl methyl sites for hydroxylation is 1. The number of amides is 1. The number of para-hydroxylation sites is 1. The van der Waals surface area contributed by atoms with E-state index in [1.807, 2.05) is 25.1 Å². The van der Waals surface area contributed by atoms with E-state index in [9.17, 15) is 9.59 Å². The van der Waals surface area contributed by atoms with Gasteiger partial charge in [0.2, 0.25) is 0 Å². The van der Waals surface area contributed by atoms with Crippen LogP contribution in [-0.4, -0.2) is 72.1 Å². The zero-order valence-corrected chi connectivity index (χ0v) is 15.6. The van der Waals surface area contributed by atoms with Gasteiger partial charge in [-0.1, -0.05) is 18.2 Å². The number of quaternary nitrogens is 1. The highest BCUT2D eigenvalue weighted by atomic mass is 16.5. The highest BCUT2D eigenvalue weighted by molar-refractivity contribution is 5.94. The molecule has 1 aromatic heterocycles. The molecule has 1 saturated heterocycles. The molecule has 1 aliphatic rings. The molecule has 0 radical (unpaired) electrons. The summed E-state index contributed by atoms with van der Waals surface area (Å²) < 4.78 is 6.51. The first-order valence-corrected chi connectivity index (χ1v) is 9.03. The summed E-state index contributed by atoms with van der Waals surface area (Å²) in [6.45, 7) is 5.39. The molecule has 2 aromatic rings. The van der Waals surface area contributed by atoms with Crippen molar-refractivity contribution >= 4 is 5.91 Å². The molecule has 8 heteroatoms. The lowest BCUT2D eigenvalue weighted by Crippen LogP contribution is -3.15. The number of aliphatic hydroxyl groups excluding tert-OH is 1. The predicted octanol–water partition coefficient (Wildman–Crippen LogP) is -1.12. The number of aromatic nitrogens is 2. The first-order chi connectivity index (χ1) is 13.0. The van der Waals surface area contributed by atoms with E-state index < -0.39 is 0 Å². The smallest absolute Gasteiger partial charge is 0.278 e. The van der Waals surface area contributed by atoms with Gasteiger partial charge in [0.25, 0.3) is 11.5 Å². The minimum Gasteiger partial charge on any atom is -0.494 e. The molecular formula is C19H25N4O4+. The van der Waals surface area contributed by atoms with E-state index in [-0.39, 0.29) is 29.5 Å². The van der Waals surface area contributed by atoms with Crippen molar-refractivity contribution in [3.05, 3.63) is 51.9 Å². The minimum atomic E-state index is -0.352. The van der Waals surface area contributed by atoms with Crippen LogP contribution in [0.4, 0.5) is 0 Å². The highest BCUT2D eigenvalue weighted by Crippen LogP contribution is 2.18. The quantitative estimate of drug-likeness (QED) is 0.693. The molecule has 1 fully saturated rings. The van der Waals surface area contributed by atoms with Gasteiger partial charge in [0.15, 0.2) is 11.4 Å². The van der Waals surface area contributed by atoms with Gasteiger partial charge >= 0.3 is 0 Å². The first kappa shape index (κ1) is 19.1. The number of methoxy groups -OCH3 is 1. The molecular weight excluding hydrogens is 348 g/mol. The summed E-state index contributed by atoms with van der Waals surface area (Å²) in [7, 11) is 1.43. The predicted molar refractivity (Wildman–Crippen MR) is 99.7 cm³/mol. The number of benzene rings is 1. The van der Waals surface area contributed by atoms with Crippen LogP contribution in [-0.2, 0) is 0 Å².